The molecule has 2 aromatic carbocycles. The maximum absolute atomic E-state index is 13.2. The Bertz CT molecular complexity index is 742. The number of nitrogens with one attached hydrogen (secondary N) is 1. The predicted molar refractivity (Wildman–Crippen MR) is 112 cm³/mol. The molecule has 27 heavy (non-hydrogen) atoms. The summed E-state index contributed by atoms with van der Waals surface area (Å²) >= 11 is 9.72. The number of unbranched alkanes of at least 4 members (excludes halogenated alkanes) is 3. The maximum atomic E-state index is 13.2. The number of methoxy groups -OCH3 is 1. The van der Waals surface area contributed by atoms with Crippen molar-refractivity contribution in [2.45, 2.75) is 45.8 Å². The Morgan fingerprint density at radius 1 is 1.15 bits per heavy atom. The van der Waals surface area contributed by atoms with E-state index < -0.39 is 0 Å². The van der Waals surface area contributed by atoms with Crippen molar-refractivity contribution < 1.29 is 13.9 Å². The fourth-order valence-electron chi connectivity index (χ4n) is 2.74. The number of hydrogen-bond donors (Lipinski definition) is 1. The van der Waals surface area contributed by atoms with Gasteiger partial charge < -0.3 is 14.8 Å². The second-order valence-corrected chi connectivity index (χ2v) is 7.58. The molecule has 0 bridgehead atoms. The zero-order valence-corrected chi connectivity index (χ0v) is 18.1. The first kappa shape index (κ1) is 22.0. The molecule has 0 atom stereocenters. The molecule has 1 N–H and O–H groups in total. The quantitative estimate of drug-likeness (QED) is 0.390. The summed E-state index contributed by atoms with van der Waals surface area (Å²) in [6.45, 7) is 4.05. The van der Waals surface area contributed by atoms with Crippen LogP contribution >= 0.6 is 27.5 Å². The minimum absolute atomic E-state index is 0.232. The standard InChI is InChI=1S/C21H26BrClFNO2/c1-3-4-5-6-11-25-13-17-18(22)9-10-20(26-2)21(17)27-14-15-7-8-16(24)12-19(15)23/h7-10,12,25H,3-6,11,13-14H2,1-2H3. The average Bonchev–Trinajstić information content (AvgIpc) is 2.65. The molecule has 0 fully saturated rings. The molecule has 0 unspecified atom stereocenters. The molecular weight excluding hydrogens is 433 g/mol. The Balaban J connectivity index is 2.09. The topological polar surface area (TPSA) is 30.5 Å². The van der Waals surface area contributed by atoms with E-state index in [1.807, 2.05) is 12.1 Å². The molecule has 0 spiro atoms. The second kappa shape index (κ2) is 11.5. The lowest BCUT2D eigenvalue weighted by Crippen LogP contribution is -2.16. The van der Waals surface area contributed by atoms with Crippen molar-refractivity contribution in [1.29, 1.82) is 0 Å². The number of benzene rings is 2. The van der Waals surface area contributed by atoms with Gasteiger partial charge in [-0.25, -0.2) is 4.39 Å². The van der Waals surface area contributed by atoms with Crippen molar-refractivity contribution in [3.63, 3.8) is 0 Å². The Morgan fingerprint density at radius 3 is 2.67 bits per heavy atom. The first-order chi connectivity index (χ1) is 13.1. The van der Waals surface area contributed by atoms with Gasteiger partial charge in [-0.2, -0.15) is 0 Å². The Labute approximate surface area is 174 Å². The van der Waals surface area contributed by atoms with Crippen LogP contribution in [0.1, 0.15) is 43.7 Å². The van der Waals surface area contributed by atoms with E-state index in [1.54, 1.807) is 13.2 Å². The SMILES string of the molecule is CCCCCCNCc1c(Br)ccc(OC)c1OCc1ccc(F)cc1Cl. The van der Waals surface area contributed by atoms with Crippen molar-refractivity contribution >= 4 is 27.5 Å². The van der Waals surface area contributed by atoms with Crippen LogP contribution in [0.2, 0.25) is 5.02 Å². The van der Waals surface area contributed by atoms with Crippen molar-refractivity contribution in [3.8, 4) is 11.5 Å². The number of ether oxygens (including phenoxy) is 2. The van der Waals surface area contributed by atoms with E-state index >= 15 is 0 Å². The van der Waals surface area contributed by atoms with Crippen molar-refractivity contribution in [3.05, 3.63) is 56.8 Å². The molecule has 0 saturated carbocycles. The van der Waals surface area contributed by atoms with Crippen molar-refractivity contribution in [2.75, 3.05) is 13.7 Å². The first-order valence-electron chi connectivity index (χ1n) is 9.19. The maximum Gasteiger partial charge on any atom is 0.167 e. The molecule has 0 aliphatic heterocycles. The van der Waals surface area contributed by atoms with Crippen LogP contribution in [-0.2, 0) is 13.2 Å². The summed E-state index contributed by atoms with van der Waals surface area (Å²) in [7, 11) is 1.61. The highest BCUT2D eigenvalue weighted by Crippen LogP contribution is 2.37. The van der Waals surface area contributed by atoms with Crippen molar-refractivity contribution in [2.24, 2.45) is 0 Å². The van der Waals surface area contributed by atoms with Gasteiger partial charge in [0.25, 0.3) is 0 Å². The molecule has 2 aromatic rings. The van der Waals surface area contributed by atoms with Crippen LogP contribution in [-0.4, -0.2) is 13.7 Å². The molecule has 148 valence electrons. The van der Waals surface area contributed by atoms with E-state index in [0.29, 0.717) is 23.1 Å². The van der Waals surface area contributed by atoms with Gasteiger partial charge in [0.2, 0.25) is 0 Å². The highest BCUT2D eigenvalue weighted by molar-refractivity contribution is 9.10. The van der Waals surface area contributed by atoms with Crippen LogP contribution < -0.4 is 14.8 Å². The summed E-state index contributed by atoms with van der Waals surface area (Å²) in [6.07, 6.45) is 4.87. The minimum atomic E-state index is -0.364. The van der Waals surface area contributed by atoms with E-state index in [9.17, 15) is 4.39 Å². The molecule has 0 aromatic heterocycles. The Hall–Kier alpha value is -1.30. The molecule has 2 rings (SSSR count). The summed E-state index contributed by atoms with van der Waals surface area (Å²) in [6, 6.07) is 8.10. The van der Waals surface area contributed by atoms with Gasteiger partial charge in [0.1, 0.15) is 12.4 Å². The van der Waals surface area contributed by atoms with Gasteiger partial charge in [-0.05, 0) is 37.2 Å². The molecule has 0 aliphatic rings. The summed E-state index contributed by atoms with van der Waals surface area (Å²) in [5.41, 5.74) is 1.71. The molecule has 0 aliphatic carbocycles. The predicted octanol–water partition coefficient (Wildman–Crippen LogP) is 6.50. The van der Waals surface area contributed by atoms with Crippen LogP contribution in [0, 0.1) is 5.82 Å². The van der Waals surface area contributed by atoms with E-state index in [2.05, 4.69) is 28.2 Å². The van der Waals surface area contributed by atoms with Crippen LogP contribution in [0.3, 0.4) is 0 Å². The zero-order valence-electron chi connectivity index (χ0n) is 15.8. The lowest BCUT2D eigenvalue weighted by atomic mass is 10.1. The van der Waals surface area contributed by atoms with E-state index in [1.165, 1.54) is 31.4 Å². The molecular formula is C21H26BrClFNO2. The largest absolute Gasteiger partial charge is 0.493 e. The van der Waals surface area contributed by atoms with Gasteiger partial charge in [-0.15, -0.1) is 0 Å². The normalized spacial score (nSPS) is 10.9. The van der Waals surface area contributed by atoms with Crippen LogP contribution in [0.5, 0.6) is 11.5 Å². The number of rotatable bonds is 11. The van der Waals surface area contributed by atoms with Gasteiger partial charge >= 0.3 is 0 Å². The fraction of sp³-hybridized carbons (Fsp3) is 0.429. The third kappa shape index (κ3) is 6.66. The van der Waals surface area contributed by atoms with E-state index in [4.69, 9.17) is 21.1 Å². The third-order valence-electron chi connectivity index (χ3n) is 4.28. The molecule has 0 radical (unpaired) electrons. The van der Waals surface area contributed by atoms with Crippen molar-refractivity contribution in [1.82, 2.24) is 5.32 Å². The van der Waals surface area contributed by atoms with Crippen LogP contribution in [0.15, 0.2) is 34.8 Å². The zero-order chi connectivity index (χ0) is 19.6. The highest BCUT2D eigenvalue weighted by atomic mass is 79.9. The minimum Gasteiger partial charge on any atom is -0.493 e. The monoisotopic (exact) mass is 457 g/mol. The molecule has 0 heterocycles. The molecule has 6 heteroatoms. The van der Waals surface area contributed by atoms with E-state index in [0.717, 1.165) is 28.6 Å². The lowest BCUT2D eigenvalue weighted by molar-refractivity contribution is 0.280. The van der Waals surface area contributed by atoms with Crippen LogP contribution in [0.4, 0.5) is 4.39 Å². The number of hydrogen-bond acceptors (Lipinski definition) is 3. The van der Waals surface area contributed by atoms with Gasteiger partial charge in [0.05, 0.1) is 12.1 Å². The smallest absolute Gasteiger partial charge is 0.167 e. The van der Waals surface area contributed by atoms with E-state index in [-0.39, 0.29) is 12.4 Å². The first-order valence-corrected chi connectivity index (χ1v) is 10.4. The summed E-state index contributed by atoms with van der Waals surface area (Å²) < 4.78 is 25.7. The second-order valence-electron chi connectivity index (χ2n) is 6.32. The van der Waals surface area contributed by atoms with Gasteiger partial charge in [0, 0.05) is 22.1 Å². The summed E-state index contributed by atoms with van der Waals surface area (Å²) in [5.74, 6) is 0.948. The van der Waals surface area contributed by atoms with Crippen LogP contribution in [0.25, 0.3) is 0 Å². The Morgan fingerprint density at radius 2 is 1.96 bits per heavy atom. The fourth-order valence-corrected chi connectivity index (χ4v) is 3.42. The van der Waals surface area contributed by atoms with Gasteiger partial charge in [-0.1, -0.05) is 59.8 Å². The lowest BCUT2D eigenvalue weighted by Gasteiger charge is -2.17. The van der Waals surface area contributed by atoms with Gasteiger partial charge in [0.15, 0.2) is 11.5 Å². The molecule has 0 saturated heterocycles. The van der Waals surface area contributed by atoms with Gasteiger partial charge in [-0.3, -0.25) is 0 Å². The summed E-state index contributed by atoms with van der Waals surface area (Å²) in [4.78, 5) is 0. The molecule has 0 amide bonds. The Kier molecular flexibility index (Phi) is 9.39. The number of halogens is 3. The molecule has 3 nitrogen and oxygen atoms in total. The third-order valence-corrected chi connectivity index (χ3v) is 5.38. The summed E-state index contributed by atoms with van der Waals surface area (Å²) in [5, 5.41) is 3.82. The average molecular weight is 459 g/mol. The highest BCUT2D eigenvalue weighted by Gasteiger charge is 2.15.